The molecule has 2 aromatic carbocycles. The minimum absolute atomic E-state index is 0.115. The van der Waals surface area contributed by atoms with E-state index in [2.05, 4.69) is 17.4 Å². The zero-order valence-corrected chi connectivity index (χ0v) is 11.9. The van der Waals surface area contributed by atoms with Crippen molar-refractivity contribution in [2.24, 2.45) is 0 Å². The summed E-state index contributed by atoms with van der Waals surface area (Å²) in [5.74, 6) is 0.801. The van der Waals surface area contributed by atoms with Crippen LogP contribution in [0.25, 0.3) is 0 Å². The molecule has 1 saturated carbocycles. The van der Waals surface area contributed by atoms with Crippen molar-refractivity contribution in [3.05, 3.63) is 59.7 Å². The quantitative estimate of drug-likeness (QED) is 0.847. The van der Waals surface area contributed by atoms with Gasteiger partial charge >= 0.3 is 0 Å². The molecule has 0 aromatic heterocycles. The average Bonchev–Trinajstić information content (AvgIpc) is 3.27. The minimum Gasteiger partial charge on any atom is -0.496 e. The van der Waals surface area contributed by atoms with Gasteiger partial charge in [-0.05, 0) is 24.1 Å². The Morgan fingerprint density at radius 3 is 2.71 bits per heavy atom. The van der Waals surface area contributed by atoms with E-state index in [9.17, 15) is 4.79 Å². The van der Waals surface area contributed by atoms with Crippen LogP contribution in [0.3, 0.4) is 0 Å². The van der Waals surface area contributed by atoms with Crippen LogP contribution in [0.15, 0.2) is 48.5 Å². The predicted octanol–water partition coefficient (Wildman–Crippen LogP) is 2.56. The third-order valence-electron chi connectivity index (χ3n) is 3.80. The first-order chi connectivity index (χ1) is 10.2. The van der Waals surface area contributed by atoms with E-state index < -0.39 is 0 Å². The van der Waals surface area contributed by atoms with Crippen LogP contribution in [0.4, 0.5) is 5.69 Å². The number of nitrogens with two attached hydrogens (primary N) is 1. The monoisotopic (exact) mass is 282 g/mol. The van der Waals surface area contributed by atoms with Crippen molar-refractivity contribution in [1.29, 1.82) is 0 Å². The van der Waals surface area contributed by atoms with Crippen LogP contribution in [0.5, 0.6) is 5.75 Å². The molecule has 0 spiro atoms. The van der Waals surface area contributed by atoms with E-state index >= 15 is 0 Å². The summed E-state index contributed by atoms with van der Waals surface area (Å²) in [6.07, 6.45) is 0.979. The van der Waals surface area contributed by atoms with Crippen molar-refractivity contribution in [2.45, 2.75) is 18.4 Å². The summed E-state index contributed by atoms with van der Waals surface area (Å²) < 4.78 is 5.22. The van der Waals surface area contributed by atoms with Gasteiger partial charge in [0, 0.05) is 23.7 Å². The van der Waals surface area contributed by atoms with Crippen molar-refractivity contribution in [1.82, 2.24) is 5.32 Å². The molecule has 2 atom stereocenters. The third kappa shape index (κ3) is 2.84. The summed E-state index contributed by atoms with van der Waals surface area (Å²) in [7, 11) is 1.54. The molecule has 1 amide bonds. The molecule has 4 heteroatoms. The number of carbonyl (C=O) groups excluding carboxylic acids is 1. The Labute approximate surface area is 123 Å². The molecule has 2 unspecified atom stereocenters. The number of ether oxygens (including phenoxy) is 1. The van der Waals surface area contributed by atoms with E-state index in [1.807, 2.05) is 18.2 Å². The Hall–Kier alpha value is -2.49. The summed E-state index contributed by atoms with van der Waals surface area (Å²) >= 11 is 0. The lowest BCUT2D eigenvalue weighted by Crippen LogP contribution is -2.27. The van der Waals surface area contributed by atoms with Gasteiger partial charge in [-0.1, -0.05) is 30.3 Å². The van der Waals surface area contributed by atoms with Crippen LogP contribution < -0.4 is 15.8 Å². The van der Waals surface area contributed by atoms with E-state index in [4.69, 9.17) is 10.5 Å². The maximum atomic E-state index is 12.3. The van der Waals surface area contributed by atoms with Crippen LogP contribution in [-0.2, 0) is 0 Å². The van der Waals surface area contributed by atoms with Crippen LogP contribution in [0, 0.1) is 0 Å². The van der Waals surface area contributed by atoms with E-state index in [0.29, 0.717) is 22.9 Å². The van der Waals surface area contributed by atoms with Gasteiger partial charge < -0.3 is 15.8 Å². The van der Waals surface area contributed by atoms with Crippen molar-refractivity contribution in [3.8, 4) is 5.75 Å². The lowest BCUT2D eigenvalue weighted by atomic mass is 10.1. The standard InChI is InChI=1S/C17H18N2O2/c1-21-16-9-12(18)7-8-13(16)17(20)19-15-10-14(15)11-5-3-2-4-6-11/h2-9,14-15H,10,18H2,1H3,(H,19,20). The molecule has 4 nitrogen and oxygen atoms in total. The fraction of sp³-hybridized carbons (Fsp3) is 0.235. The largest absolute Gasteiger partial charge is 0.496 e. The third-order valence-corrected chi connectivity index (χ3v) is 3.80. The molecule has 0 radical (unpaired) electrons. The van der Waals surface area contributed by atoms with Gasteiger partial charge in [0.15, 0.2) is 0 Å². The van der Waals surface area contributed by atoms with Crippen molar-refractivity contribution >= 4 is 11.6 Å². The van der Waals surface area contributed by atoms with Gasteiger partial charge in [-0.25, -0.2) is 0 Å². The van der Waals surface area contributed by atoms with Crippen LogP contribution in [0.1, 0.15) is 28.3 Å². The van der Waals surface area contributed by atoms with Gasteiger partial charge in [0.2, 0.25) is 0 Å². The molecule has 0 aliphatic heterocycles. The average molecular weight is 282 g/mol. The second kappa shape index (κ2) is 5.48. The minimum atomic E-state index is -0.115. The second-order valence-corrected chi connectivity index (χ2v) is 5.29. The van der Waals surface area contributed by atoms with Crippen LogP contribution >= 0.6 is 0 Å². The fourth-order valence-electron chi connectivity index (χ4n) is 2.56. The maximum Gasteiger partial charge on any atom is 0.255 e. The predicted molar refractivity (Wildman–Crippen MR) is 82.5 cm³/mol. The highest BCUT2D eigenvalue weighted by atomic mass is 16.5. The van der Waals surface area contributed by atoms with Crippen LogP contribution in [0.2, 0.25) is 0 Å². The van der Waals surface area contributed by atoms with Gasteiger partial charge in [0.1, 0.15) is 5.75 Å². The highest BCUT2D eigenvalue weighted by Crippen LogP contribution is 2.40. The van der Waals surface area contributed by atoms with Crippen LogP contribution in [-0.4, -0.2) is 19.1 Å². The zero-order chi connectivity index (χ0) is 14.8. The number of anilines is 1. The summed E-state index contributed by atoms with van der Waals surface area (Å²) in [5.41, 5.74) is 8.07. The normalized spacial score (nSPS) is 19.9. The highest BCUT2D eigenvalue weighted by Gasteiger charge is 2.39. The molecule has 1 aliphatic carbocycles. The lowest BCUT2D eigenvalue weighted by Gasteiger charge is -2.10. The van der Waals surface area contributed by atoms with E-state index in [1.165, 1.54) is 12.7 Å². The molecule has 0 bridgehead atoms. The number of nitrogen functional groups attached to an aromatic ring is 1. The summed E-state index contributed by atoms with van der Waals surface area (Å²) in [6.45, 7) is 0. The van der Waals surface area contributed by atoms with Crippen molar-refractivity contribution in [2.75, 3.05) is 12.8 Å². The zero-order valence-electron chi connectivity index (χ0n) is 11.9. The SMILES string of the molecule is COc1cc(N)ccc1C(=O)NC1CC1c1ccccc1. The maximum absolute atomic E-state index is 12.3. The number of rotatable bonds is 4. The molecule has 108 valence electrons. The molecular weight excluding hydrogens is 264 g/mol. The number of carbonyl (C=O) groups is 1. The molecular formula is C17H18N2O2. The van der Waals surface area contributed by atoms with Gasteiger partial charge in [0.25, 0.3) is 5.91 Å². The molecule has 0 heterocycles. The number of hydrogen-bond donors (Lipinski definition) is 2. The summed E-state index contributed by atoms with van der Waals surface area (Å²) in [5, 5.41) is 3.05. The summed E-state index contributed by atoms with van der Waals surface area (Å²) in [4.78, 5) is 12.3. The Morgan fingerprint density at radius 2 is 2.00 bits per heavy atom. The molecule has 3 N–H and O–H groups in total. The number of amides is 1. The molecule has 1 fully saturated rings. The molecule has 0 saturated heterocycles. The van der Waals surface area contributed by atoms with E-state index in [1.54, 1.807) is 18.2 Å². The topological polar surface area (TPSA) is 64.3 Å². The second-order valence-electron chi connectivity index (χ2n) is 5.29. The van der Waals surface area contributed by atoms with Gasteiger partial charge in [-0.3, -0.25) is 4.79 Å². The van der Waals surface area contributed by atoms with E-state index in [-0.39, 0.29) is 11.9 Å². The molecule has 21 heavy (non-hydrogen) atoms. The molecule has 1 aliphatic rings. The molecule has 2 aromatic rings. The van der Waals surface area contributed by atoms with E-state index in [0.717, 1.165) is 6.42 Å². The number of nitrogens with one attached hydrogen (secondary N) is 1. The fourth-order valence-corrected chi connectivity index (χ4v) is 2.56. The van der Waals surface area contributed by atoms with Gasteiger partial charge in [-0.2, -0.15) is 0 Å². The first-order valence-corrected chi connectivity index (χ1v) is 6.98. The number of benzene rings is 2. The van der Waals surface area contributed by atoms with Gasteiger partial charge in [0.05, 0.1) is 12.7 Å². The van der Waals surface area contributed by atoms with Gasteiger partial charge in [-0.15, -0.1) is 0 Å². The smallest absolute Gasteiger partial charge is 0.255 e. The molecule has 3 rings (SSSR count). The van der Waals surface area contributed by atoms with Crippen molar-refractivity contribution < 1.29 is 9.53 Å². The first-order valence-electron chi connectivity index (χ1n) is 6.98. The Kier molecular flexibility index (Phi) is 3.52. The Balaban J connectivity index is 1.68. The highest BCUT2D eigenvalue weighted by molar-refractivity contribution is 5.97. The Bertz CT molecular complexity index is 655. The van der Waals surface area contributed by atoms with Crippen molar-refractivity contribution in [3.63, 3.8) is 0 Å². The summed E-state index contributed by atoms with van der Waals surface area (Å²) in [6, 6.07) is 15.5. The number of methoxy groups -OCH3 is 1. The first kappa shape index (κ1) is 13.5. The lowest BCUT2D eigenvalue weighted by molar-refractivity contribution is 0.0947. The Morgan fingerprint density at radius 1 is 1.24 bits per heavy atom. The number of hydrogen-bond acceptors (Lipinski definition) is 3.